The number of benzene rings is 1. The normalized spacial score (nSPS) is 15.6. The SMILES string of the molecule is Cc1ccc2c(c1)S2(=O)=O.NO. The molecule has 66 valence electrons. The molecule has 0 atom stereocenters. The minimum absolute atomic E-state index is 0.498. The summed E-state index contributed by atoms with van der Waals surface area (Å²) < 4.78 is 21.8. The Morgan fingerprint density at radius 3 is 2.25 bits per heavy atom. The first-order chi connectivity index (χ1) is 5.62. The molecule has 0 bridgehead atoms. The molecule has 0 unspecified atom stereocenters. The predicted molar refractivity (Wildman–Crippen MR) is 42.6 cm³/mol. The molecular weight excluding hydrogens is 178 g/mol. The van der Waals surface area contributed by atoms with Crippen LogP contribution in [0.2, 0.25) is 0 Å². The van der Waals surface area contributed by atoms with Gasteiger partial charge < -0.3 is 5.21 Å². The minimum atomic E-state index is -2.90. The van der Waals surface area contributed by atoms with E-state index >= 15 is 0 Å². The zero-order valence-electron chi connectivity index (χ0n) is 6.48. The van der Waals surface area contributed by atoms with Crippen LogP contribution < -0.4 is 5.90 Å². The number of rotatable bonds is 0. The van der Waals surface area contributed by atoms with Gasteiger partial charge in [0.15, 0.2) is 0 Å². The van der Waals surface area contributed by atoms with E-state index in [4.69, 9.17) is 5.21 Å². The van der Waals surface area contributed by atoms with Crippen LogP contribution in [0.25, 0.3) is 0 Å². The van der Waals surface area contributed by atoms with Gasteiger partial charge in [-0.2, -0.15) is 0 Å². The quantitative estimate of drug-likeness (QED) is 0.464. The number of fused-ring (bicyclic) bond motifs is 1. The summed E-state index contributed by atoms with van der Waals surface area (Å²) in [6.45, 7) is 1.88. The molecule has 0 saturated heterocycles. The molecule has 0 fully saturated rings. The molecule has 1 aliphatic rings. The maximum atomic E-state index is 10.9. The molecule has 0 aliphatic carbocycles. The van der Waals surface area contributed by atoms with Crippen molar-refractivity contribution in [2.75, 3.05) is 0 Å². The predicted octanol–water partition coefficient (Wildman–Crippen LogP) is 0.476. The van der Waals surface area contributed by atoms with E-state index in [-0.39, 0.29) is 0 Å². The van der Waals surface area contributed by atoms with E-state index in [1.165, 1.54) is 0 Å². The van der Waals surface area contributed by atoms with Crippen LogP contribution in [0.4, 0.5) is 0 Å². The van der Waals surface area contributed by atoms with Gasteiger partial charge in [-0.3, -0.25) is 0 Å². The van der Waals surface area contributed by atoms with E-state index in [0.29, 0.717) is 9.79 Å². The first-order valence-corrected chi connectivity index (χ1v) is 4.72. The third kappa shape index (κ3) is 1.22. The fourth-order valence-corrected chi connectivity index (χ4v) is 2.37. The van der Waals surface area contributed by atoms with Gasteiger partial charge in [-0.15, -0.1) is 0 Å². The largest absolute Gasteiger partial charge is 0.320 e. The summed E-state index contributed by atoms with van der Waals surface area (Å²) in [7, 11) is -2.90. The molecule has 2 rings (SSSR count). The highest BCUT2D eigenvalue weighted by molar-refractivity contribution is 7.97. The fourth-order valence-electron chi connectivity index (χ4n) is 1.01. The van der Waals surface area contributed by atoms with E-state index in [9.17, 15) is 8.42 Å². The second-order valence-corrected chi connectivity index (χ2v) is 4.34. The van der Waals surface area contributed by atoms with E-state index in [1.807, 2.05) is 13.0 Å². The maximum absolute atomic E-state index is 10.9. The number of aryl methyl sites for hydroxylation is 1. The van der Waals surface area contributed by atoms with Crippen LogP contribution in [0.15, 0.2) is 28.0 Å². The van der Waals surface area contributed by atoms with Gasteiger partial charge in [-0.25, -0.2) is 14.3 Å². The van der Waals surface area contributed by atoms with Gasteiger partial charge in [0.25, 0.3) is 0 Å². The van der Waals surface area contributed by atoms with Gasteiger partial charge >= 0.3 is 0 Å². The molecular formula is C7H9NO3S. The van der Waals surface area contributed by atoms with Crippen molar-refractivity contribution in [2.24, 2.45) is 5.90 Å². The van der Waals surface area contributed by atoms with Gasteiger partial charge in [-0.1, -0.05) is 6.07 Å². The molecule has 1 heterocycles. The summed E-state index contributed by atoms with van der Waals surface area (Å²) >= 11 is 0. The summed E-state index contributed by atoms with van der Waals surface area (Å²) in [6, 6.07) is 5.16. The fraction of sp³-hybridized carbons (Fsp3) is 0.143. The van der Waals surface area contributed by atoms with Crippen LogP contribution in [0, 0.1) is 6.92 Å². The molecule has 1 aromatic rings. The lowest BCUT2D eigenvalue weighted by Crippen LogP contribution is -1.72. The lowest BCUT2D eigenvalue weighted by atomic mass is 10.2. The third-order valence-corrected chi connectivity index (χ3v) is 3.28. The number of hydrogen-bond donors (Lipinski definition) is 2. The number of nitrogens with two attached hydrogens (primary N) is 1. The van der Waals surface area contributed by atoms with Crippen molar-refractivity contribution in [3.63, 3.8) is 0 Å². The Kier molecular flexibility index (Phi) is 2.18. The minimum Gasteiger partial charge on any atom is -0.320 e. The Labute approximate surface area is 70.5 Å². The Morgan fingerprint density at radius 2 is 1.83 bits per heavy atom. The van der Waals surface area contributed by atoms with Crippen LogP contribution in [0.1, 0.15) is 5.56 Å². The molecule has 1 aliphatic heterocycles. The summed E-state index contributed by atoms with van der Waals surface area (Å²) in [5, 5.41) is 6.50. The summed E-state index contributed by atoms with van der Waals surface area (Å²) in [6.07, 6.45) is 0. The maximum Gasteiger partial charge on any atom is 0.209 e. The number of sulfone groups is 1. The third-order valence-electron chi connectivity index (χ3n) is 1.64. The van der Waals surface area contributed by atoms with Crippen molar-refractivity contribution < 1.29 is 13.6 Å². The molecule has 12 heavy (non-hydrogen) atoms. The smallest absolute Gasteiger partial charge is 0.209 e. The van der Waals surface area contributed by atoms with Gasteiger partial charge in [0, 0.05) is 0 Å². The highest BCUT2D eigenvalue weighted by Crippen LogP contribution is 2.39. The van der Waals surface area contributed by atoms with Crippen LogP contribution in [0.5, 0.6) is 0 Å². The Morgan fingerprint density at radius 1 is 1.25 bits per heavy atom. The highest BCUT2D eigenvalue weighted by Gasteiger charge is 2.38. The first kappa shape index (κ1) is 9.18. The molecule has 4 nitrogen and oxygen atoms in total. The molecule has 5 heteroatoms. The highest BCUT2D eigenvalue weighted by atomic mass is 32.2. The Hall–Kier alpha value is -0.910. The van der Waals surface area contributed by atoms with Crippen LogP contribution in [-0.4, -0.2) is 13.6 Å². The van der Waals surface area contributed by atoms with E-state index in [1.54, 1.807) is 12.1 Å². The van der Waals surface area contributed by atoms with Crippen molar-refractivity contribution in [3.05, 3.63) is 23.8 Å². The molecule has 1 aromatic carbocycles. The summed E-state index contributed by atoms with van der Waals surface area (Å²) in [4.78, 5) is 1.01. The van der Waals surface area contributed by atoms with E-state index in [2.05, 4.69) is 5.90 Å². The van der Waals surface area contributed by atoms with Gasteiger partial charge in [0.1, 0.15) is 0 Å². The summed E-state index contributed by atoms with van der Waals surface area (Å²) in [5.74, 6) is 3.50. The molecule has 0 saturated carbocycles. The zero-order valence-corrected chi connectivity index (χ0v) is 7.30. The molecule has 0 spiro atoms. The van der Waals surface area contributed by atoms with E-state index < -0.39 is 9.84 Å². The Balaban J connectivity index is 0.000000336. The Bertz CT molecular complexity index is 397. The topological polar surface area (TPSA) is 80.4 Å². The standard InChI is InChI=1S/C7H6O2S.H3NO/c1-5-2-3-6-7(4-5)10(6,8)9;1-2/h2-4H,1H3;2H,1H2. The second kappa shape index (κ2) is 2.85. The molecule has 3 N–H and O–H groups in total. The molecule has 0 amide bonds. The van der Waals surface area contributed by atoms with Crippen molar-refractivity contribution >= 4 is 9.84 Å². The van der Waals surface area contributed by atoms with Crippen molar-refractivity contribution in [1.29, 1.82) is 0 Å². The van der Waals surface area contributed by atoms with Crippen molar-refractivity contribution in [2.45, 2.75) is 16.7 Å². The first-order valence-electron chi connectivity index (χ1n) is 3.24. The molecule has 0 radical (unpaired) electrons. The van der Waals surface area contributed by atoms with Gasteiger partial charge in [0.2, 0.25) is 9.84 Å². The van der Waals surface area contributed by atoms with Crippen LogP contribution in [-0.2, 0) is 9.84 Å². The van der Waals surface area contributed by atoms with Gasteiger partial charge in [0.05, 0.1) is 9.79 Å². The number of hydrogen-bond acceptors (Lipinski definition) is 4. The monoisotopic (exact) mass is 187 g/mol. The average molecular weight is 187 g/mol. The molecule has 0 aromatic heterocycles. The average Bonchev–Trinajstić information content (AvgIpc) is 2.58. The lowest BCUT2D eigenvalue weighted by molar-refractivity contribution is 0.311. The van der Waals surface area contributed by atoms with Crippen LogP contribution in [0.3, 0.4) is 0 Å². The van der Waals surface area contributed by atoms with Crippen molar-refractivity contribution in [1.82, 2.24) is 0 Å². The summed E-state index contributed by atoms with van der Waals surface area (Å²) in [5.41, 5.74) is 1.000. The lowest BCUT2D eigenvalue weighted by Gasteiger charge is -1.79. The van der Waals surface area contributed by atoms with Crippen LogP contribution >= 0.6 is 0 Å². The van der Waals surface area contributed by atoms with Crippen molar-refractivity contribution in [3.8, 4) is 0 Å². The second-order valence-electron chi connectivity index (χ2n) is 2.45. The zero-order chi connectivity index (χ0) is 9.35. The van der Waals surface area contributed by atoms with Gasteiger partial charge in [-0.05, 0) is 24.6 Å². The van der Waals surface area contributed by atoms with E-state index in [0.717, 1.165) is 5.56 Å².